The fourth-order valence-corrected chi connectivity index (χ4v) is 6.83. The average molecular weight is 897 g/mol. The average Bonchev–Trinajstić information content (AvgIpc) is 3.72. The summed E-state index contributed by atoms with van der Waals surface area (Å²) in [5.41, 5.74) is 6.58. The lowest BCUT2D eigenvalue weighted by atomic mass is 10.0. The van der Waals surface area contributed by atoms with Crippen LogP contribution in [0.15, 0.2) is 42.7 Å². The van der Waals surface area contributed by atoms with Gasteiger partial charge in [0.25, 0.3) is 0 Å². The number of methoxy groups -OCH3 is 1. The largest absolute Gasteiger partial charge is 0.469 e. The van der Waals surface area contributed by atoms with Crippen LogP contribution < -0.4 is 27.0 Å². The third-order valence-electron chi connectivity index (χ3n) is 9.45. The first-order chi connectivity index (χ1) is 29.4. The SMILES string of the molecule is COCCOCCC(=O)N(CCCCCCCc1ccccc1)CC(=O)N[C@@H](CC(C)C)C(=O)N[C@@H](Cc1ncc[nH]1)C(=O)N[C@@H](CO)C(=O)N[C@H](C(N)=O)[C@@H](C)OP(=O)(O)O. The van der Waals surface area contributed by atoms with Crippen molar-refractivity contribution >= 4 is 43.3 Å². The van der Waals surface area contributed by atoms with Crippen molar-refractivity contribution in [2.75, 3.05) is 46.6 Å². The van der Waals surface area contributed by atoms with E-state index < -0.39 is 74.2 Å². The number of phosphoric ester groups is 1. The first-order valence-electron chi connectivity index (χ1n) is 20.6. The van der Waals surface area contributed by atoms with Gasteiger partial charge in [-0.1, -0.05) is 63.4 Å². The fraction of sp³-hybridized carbons (Fsp3) is 0.625. The Morgan fingerprint density at radius 3 is 2.11 bits per heavy atom. The number of nitrogens with one attached hydrogen (secondary N) is 5. The highest BCUT2D eigenvalue weighted by Gasteiger charge is 2.35. The van der Waals surface area contributed by atoms with Gasteiger partial charge >= 0.3 is 7.82 Å². The second-order valence-electron chi connectivity index (χ2n) is 15.2. The number of primary amides is 1. The van der Waals surface area contributed by atoms with Crippen LogP contribution in [0.4, 0.5) is 0 Å². The number of amides is 6. The molecule has 1 aromatic heterocycles. The lowest BCUT2D eigenvalue weighted by molar-refractivity contribution is -0.138. The highest BCUT2D eigenvalue weighted by molar-refractivity contribution is 7.46. The van der Waals surface area contributed by atoms with Crippen LogP contribution in [0.5, 0.6) is 0 Å². The summed E-state index contributed by atoms with van der Waals surface area (Å²) in [6.45, 7) is 4.49. The number of aliphatic hydroxyl groups excluding tert-OH is 1. The summed E-state index contributed by atoms with van der Waals surface area (Å²) in [4.78, 5) is 106. The lowest BCUT2D eigenvalue weighted by Crippen LogP contribution is -2.61. The van der Waals surface area contributed by atoms with E-state index in [9.17, 15) is 38.4 Å². The van der Waals surface area contributed by atoms with Crippen molar-refractivity contribution in [2.45, 2.75) is 109 Å². The van der Waals surface area contributed by atoms with Gasteiger partial charge in [-0.15, -0.1) is 0 Å². The molecule has 2 rings (SSSR count). The highest BCUT2D eigenvalue weighted by Crippen LogP contribution is 2.38. The fourth-order valence-electron chi connectivity index (χ4n) is 6.28. The molecule has 0 bridgehead atoms. The van der Waals surface area contributed by atoms with Gasteiger partial charge in [-0.25, -0.2) is 9.55 Å². The zero-order valence-corrected chi connectivity index (χ0v) is 36.8. The minimum absolute atomic E-state index is 0.0315. The summed E-state index contributed by atoms with van der Waals surface area (Å²) in [5.74, 6) is -4.89. The number of H-pyrrole nitrogens is 1. The standard InChI is InChI=1S/C40H65N8O13P/c1-27(2)23-30(44-34(50)25-48(35(51)16-20-60-22-21-59-4)19-12-7-5-6-9-13-29-14-10-8-11-15-29)38(53)45-31(24-33-42-17-18-43-33)39(54)46-32(26-49)40(55)47-36(37(41)52)28(3)61-62(56,57)58/h8,10-11,14-15,17-18,27-28,30-32,36,49H,5-7,9,12-13,16,19-26H2,1-4H3,(H2,41,52)(H,42,43)(H,44,50)(H,45,53)(H,46,54)(H,47,55)(H2,56,57,58)/t28-,30+,31+,32+,36+/m1/s1. The van der Waals surface area contributed by atoms with E-state index in [2.05, 4.69) is 47.9 Å². The van der Waals surface area contributed by atoms with Crippen LogP contribution in [0.25, 0.3) is 0 Å². The van der Waals surface area contributed by atoms with Crippen molar-refractivity contribution in [1.29, 1.82) is 0 Å². The molecule has 1 heterocycles. The first kappa shape index (κ1) is 53.4. The Bertz CT molecular complexity index is 1710. The zero-order valence-electron chi connectivity index (χ0n) is 36.0. The minimum atomic E-state index is -5.11. The van der Waals surface area contributed by atoms with Gasteiger partial charge in [0.1, 0.15) is 30.0 Å². The molecule has 348 valence electrons. The topological polar surface area (TPSA) is 314 Å². The number of nitrogens with two attached hydrogens (primary N) is 1. The third-order valence-corrected chi connectivity index (χ3v) is 10.1. The Morgan fingerprint density at radius 2 is 1.50 bits per heavy atom. The van der Waals surface area contributed by atoms with Crippen LogP contribution in [0.2, 0.25) is 0 Å². The number of unbranched alkanes of at least 4 members (excludes halogenated alkanes) is 4. The van der Waals surface area contributed by atoms with Crippen LogP contribution in [-0.4, -0.2) is 142 Å². The number of nitrogens with zero attached hydrogens (tertiary/aromatic N) is 2. The first-order valence-corrected chi connectivity index (χ1v) is 22.2. The van der Waals surface area contributed by atoms with Gasteiger partial charge in [0, 0.05) is 32.5 Å². The molecule has 0 spiro atoms. The van der Waals surface area contributed by atoms with Crippen molar-refractivity contribution in [3.8, 4) is 0 Å². The molecule has 1 aromatic carbocycles. The third kappa shape index (κ3) is 21.9. The van der Waals surface area contributed by atoms with Crippen molar-refractivity contribution < 1.29 is 62.2 Å². The van der Waals surface area contributed by atoms with Gasteiger partial charge in [0.05, 0.1) is 45.5 Å². The second-order valence-corrected chi connectivity index (χ2v) is 16.4. The van der Waals surface area contributed by atoms with Gasteiger partial charge in [0.15, 0.2) is 0 Å². The maximum Gasteiger partial charge on any atom is 0.469 e. The zero-order chi connectivity index (χ0) is 46.1. The van der Waals surface area contributed by atoms with Crippen molar-refractivity contribution in [3.05, 3.63) is 54.1 Å². The molecular weight excluding hydrogens is 831 g/mol. The highest BCUT2D eigenvalue weighted by atomic mass is 31.2. The summed E-state index contributed by atoms with van der Waals surface area (Å²) >= 11 is 0. The normalized spacial score (nSPS) is 13.9. The molecule has 0 aliphatic carbocycles. The number of hydrogen-bond donors (Lipinski definition) is 9. The molecule has 62 heavy (non-hydrogen) atoms. The molecule has 0 aliphatic rings. The predicted octanol–water partition coefficient (Wildman–Crippen LogP) is -0.0122. The summed E-state index contributed by atoms with van der Waals surface area (Å²) in [6, 6.07) is 4.10. The number of carbonyl (C=O) groups is 6. The number of hydrogen-bond acceptors (Lipinski definition) is 12. The molecule has 22 heteroatoms. The van der Waals surface area contributed by atoms with Crippen LogP contribution in [0, 0.1) is 5.92 Å². The predicted molar refractivity (Wildman–Crippen MR) is 225 cm³/mol. The van der Waals surface area contributed by atoms with Crippen LogP contribution in [0.3, 0.4) is 0 Å². The molecular formula is C40H65N8O13P. The van der Waals surface area contributed by atoms with Crippen LogP contribution >= 0.6 is 7.82 Å². The Balaban J connectivity index is 2.16. The molecule has 0 saturated carbocycles. The summed E-state index contributed by atoms with van der Waals surface area (Å²) < 4.78 is 26.3. The smallest absolute Gasteiger partial charge is 0.394 e. The second kappa shape index (κ2) is 28.8. The minimum Gasteiger partial charge on any atom is -0.394 e. The number of aromatic nitrogens is 2. The van der Waals surface area contributed by atoms with Gasteiger partial charge in [-0.3, -0.25) is 33.3 Å². The van der Waals surface area contributed by atoms with Gasteiger partial charge in [-0.05, 0) is 44.1 Å². The summed E-state index contributed by atoms with van der Waals surface area (Å²) in [5, 5.41) is 19.7. The van der Waals surface area contributed by atoms with E-state index in [1.54, 1.807) is 0 Å². The Kier molecular flexibility index (Phi) is 24.8. The maximum atomic E-state index is 13.9. The molecule has 0 aliphatic heterocycles. The van der Waals surface area contributed by atoms with E-state index >= 15 is 0 Å². The Labute approximate surface area is 362 Å². The molecule has 0 radical (unpaired) electrons. The number of ether oxygens (including phenoxy) is 2. The maximum absolute atomic E-state index is 13.9. The molecule has 0 saturated heterocycles. The van der Waals surface area contributed by atoms with E-state index in [0.717, 1.165) is 39.0 Å². The van der Waals surface area contributed by atoms with Crippen LogP contribution in [-0.2, 0) is 60.2 Å². The Morgan fingerprint density at radius 1 is 0.855 bits per heavy atom. The van der Waals surface area contributed by atoms with Gasteiger partial charge < -0.3 is 61.3 Å². The number of aromatic amines is 1. The molecule has 0 fully saturated rings. The number of phosphoric acid groups is 1. The van der Waals surface area contributed by atoms with Gasteiger partial charge in [-0.2, -0.15) is 0 Å². The van der Waals surface area contributed by atoms with E-state index in [0.29, 0.717) is 26.2 Å². The quantitative estimate of drug-likeness (QED) is 0.0345. The van der Waals surface area contributed by atoms with E-state index in [4.69, 9.17) is 25.0 Å². The van der Waals surface area contributed by atoms with E-state index in [1.165, 1.54) is 30.0 Å². The summed E-state index contributed by atoms with van der Waals surface area (Å²) in [7, 11) is -3.57. The number of aryl methyl sites for hydroxylation is 1. The molecule has 10 N–H and O–H groups in total. The molecule has 0 unspecified atom stereocenters. The van der Waals surface area contributed by atoms with Crippen molar-refractivity contribution in [3.63, 3.8) is 0 Å². The van der Waals surface area contributed by atoms with Crippen LogP contribution in [0.1, 0.15) is 77.1 Å². The number of imidazole rings is 1. The van der Waals surface area contributed by atoms with Crippen molar-refractivity contribution in [2.24, 2.45) is 11.7 Å². The number of carbonyl (C=O) groups excluding carboxylic acids is 6. The van der Waals surface area contributed by atoms with Crippen molar-refractivity contribution in [1.82, 2.24) is 36.1 Å². The molecule has 5 atom stereocenters. The number of rotatable bonds is 32. The van der Waals surface area contributed by atoms with E-state index in [-0.39, 0.29) is 50.1 Å². The summed E-state index contributed by atoms with van der Waals surface area (Å²) in [6.07, 6.45) is 6.70. The number of benzene rings is 1. The molecule has 21 nitrogen and oxygen atoms in total. The Hall–Kier alpha value is -4.76. The molecule has 6 amide bonds. The monoisotopic (exact) mass is 896 g/mol. The molecule has 2 aromatic rings. The number of aliphatic hydroxyl groups is 1. The lowest BCUT2D eigenvalue weighted by Gasteiger charge is -2.27. The van der Waals surface area contributed by atoms with E-state index in [1.807, 2.05) is 32.0 Å². The van der Waals surface area contributed by atoms with Gasteiger partial charge in [0.2, 0.25) is 35.4 Å².